The second kappa shape index (κ2) is 4.72. The molecule has 5 heteroatoms. The summed E-state index contributed by atoms with van der Waals surface area (Å²) < 4.78 is 40.0. The molecule has 1 heterocycles. The molecule has 0 atom stereocenters. The molecule has 1 saturated carbocycles. The molecule has 0 aromatic heterocycles. The van der Waals surface area contributed by atoms with Crippen molar-refractivity contribution in [3.63, 3.8) is 0 Å². The van der Waals surface area contributed by atoms with Crippen LogP contribution >= 0.6 is 0 Å². The lowest BCUT2D eigenvalue weighted by Gasteiger charge is -2.35. The van der Waals surface area contributed by atoms with Crippen LogP contribution in [0.3, 0.4) is 0 Å². The van der Waals surface area contributed by atoms with Crippen LogP contribution < -0.4 is 0 Å². The molecule has 0 aromatic carbocycles. The van der Waals surface area contributed by atoms with Crippen molar-refractivity contribution < 1.29 is 23.0 Å². The van der Waals surface area contributed by atoms with Crippen molar-refractivity contribution in [2.24, 2.45) is 0 Å². The first-order valence-electron chi connectivity index (χ1n) is 5.38. The lowest BCUT2D eigenvalue weighted by Crippen LogP contribution is -2.38. The van der Waals surface area contributed by atoms with E-state index in [4.69, 9.17) is 14.2 Å². The Morgan fingerprint density at radius 1 is 1.20 bits per heavy atom. The number of rotatable bonds is 3. The van der Waals surface area contributed by atoms with Crippen molar-refractivity contribution in [3.05, 3.63) is 0 Å². The Morgan fingerprint density at radius 2 is 1.80 bits per heavy atom. The Bertz CT molecular complexity index is 195. The Balaban J connectivity index is 1.72. The summed E-state index contributed by atoms with van der Waals surface area (Å²) in [6.45, 7) is 0.824. The van der Waals surface area contributed by atoms with E-state index in [1.807, 2.05) is 0 Å². The molecule has 1 aliphatic heterocycles. The van der Waals surface area contributed by atoms with E-state index < -0.39 is 18.8 Å². The summed E-state index contributed by atoms with van der Waals surface area (Å²) in [6.07, 6.45) is 0.554. The molecule has 0 radical (unpaired) electrons. The number of ether oxygens (including phenoxy) is 3. The van der Waals surface area contributed by atoms with Gasteiger partial charge in [-0.3, -0.25) is 0 Å². The van der Waals surface area contributed by atoms with Crippen LogP contribution in [0.1, 0.15) is 25.7 Å². The van der Waals surface area contributed by atoms with E-state index in [2.05, 4.69) is 0 Å². The zero-order valence-electron chi connectivity index (χ0n) is 8.59. The highest BCUT2D eigenvalue weighted by Crippen LogP contribution is 2.36. The molecule has 1 spiro atoms. The fourth-order valence-corrected chi connectivity index (χ4v) is 2.19. The molecular formula is C10H16F2O3. The van der Waals surface area contributed by atoms with Gasteiger partial charge >= 0.3 is 0 Å². The minimum atomic E-state index is -2.38. The Hall–Kier alpha value is -0.260. The highest BCUT2D eigenvalue weighted by Gasteiger charge is 2.40. The second-order valence-electron chi connectivity index (χ2n) is 4.03. The molecule has 15 heavy (non-hydrogen) atoms. The summed E-state index contributed by atoms with van der Waals surface area (Å²) in [4.78, 5) is 0. The van der Waals surface area contributed by atoms with Gasteiger partial charge in [0.15, 0.2) is 5.79 Å². The predicted octanol–water partition coefficient (Wildman–Crippen LogP) is 1.95. The molecule has 2 aliphatic rings. The van der Waals surface area contributed by atoms with Crippen molar-refractivity contribution in [1.29, 1.82) is 0 Å². The van der Waals surface area contributed by atoms with Crippen molar-refractivity contribution in [2.45, 2.75) is 44.0 Å². The molecule has 0 N–H and O–H groups in total. The topological polar surface area (TPSA) is 27.7 Å². The second-order valence-corrected chi connectivity index (χ2v) is 4.03. The SMILES string of the molecule is FC(F)COC1CCC2(CC1)OCCO2. The molecule has 0 aromatic rings. The largest absolute Gasteiger partial charge is 0.372 e. The van der Waals surface area contributed by atoms with Gasteiger partial charge in [0.25, 0.3) is 6.43 Å². The van der Waals surface area contributed by atoms with Crippen LogP contribution in [0.25, 0.3) is 0 Å². The molecule has 0 bridgehead atoms. The van der Waals surface area contributed by atoms with E-state index in [1.54, 1.807) is 0 Å². The quantitative estimate of drug-likeness (QED) is 0.730. The Kier molecular flexibility index (Phi) is 3.53. The van der Waals surface area contributed by atoms with Crippen molar-refractivity contribution >= 4 is 0 Å². The van der Waals surface area contributed by atoms with Crippen LogP contribution in [0.2, 0.25) is 0 Å². The molecule has 1 aliphatic carbocycles. The minimum absolute atomic E-state index is 0.0579. The fraction of sp³-hybridized carbons (Fsp3) is 1.00. The first kappa shape index (κ1) is 11.2. The first-order chi connectivity index (χ1) is 7.20. The molecule has 0 amide bonds. The van der Waals surface area contributed by atoms with Gasteiger partial charge in [0.2, 0.25) is 0 Å². The van der Waals surface area contributed by atoms with E-state index in [0.717, 1.165) is 25.7 Å². The van der Waals surface area contributed by atoms with Gasteiger partial charge in [0.1, 0.15) is 6.61 Å². The van der Waals surface area contributed by atoms with Gasteiger partial charge in [-0.25, -0.2) is 8.78 Å². The van der Waals surface area contributed by atoms with E-state index in [-0.39, 0.29) is 6.10 Å². The monoisotopic (exact) mass is 222 g/mol. The standard InChI is InChI=1S/C10H16F2O3/c11-9(12)7-13-8-1-3-10(4-2-8)14-5-6-15-10/h8-9H,1-7H2. The normalized spacial score (nSPS) is 26.6. The van der Waals surface area contributed by atoms with Gasteiger partial charge < -0.3 is 14.2 Å². The van der Waals surface area contributed by atoms with Gasteiger partial charge in [0.05, 0.1) is 19.3 Å². The molecule has 2 fully saturated rings. The summed E-state index contributed by atoms with van der Waals surface area (Å²) >= 11 is 0. The van der Waals surface area contributed by atoms with Gasteiger partial charge in [-0.1, -0.05) is 0 Å². The third-order valence-corrected chi connectivity index (χ3v) is 2.97. The zero-order valence-corrected chi connectivity index (χ0v) is 8.59. The predicted molar refractivity (Wildman–Crippen MR) is 48.8 cm³/mol. The maximum absolute atomic E-state index is 11.9. The molecule has 2 rings (SSSR count). The number of halogens is 2. The lowest BCUT2D eigenvalue weighted by molar-refractivity contribution is -0.193. The summed E-state index contributed by atoms with van der Waals surface area (Å²) in [6, 6.07) is 0. The van der Waals surface area contributed by atoms with Gasteiger partial charge in [0, 0.05) is 12.8 Å². The van der Waals surface area contributed by atoms with Crippen LogP contribution in [0.4, 0.5) is 8.78 Å². The van der Waals surface area contributed by atoms with Crippen molar-refractivity contribution in [2.75, 3.05) is 19.8 Å². The average molecular weight is 222 g/mol. The molecular weight excluding hydrogens is 206 g/mol. The van der Waals surface area contributed by atoms with Gasteiger partial charge in [-0.2, -0.15) is 0 Å². The van der Waals surface area contributed by atoms with Crippen LogP contribution in [0.15, 0.2) is 0 Å². The third-order valence-electron chi connectivity index (χ3n) is 2.97. The first-order valence-corrected chi connectivity index (χ1v) is 5.38. The fourth-order valence-electron chi connectivity index (χ4n) is 2.19. The number of hydrogen-bond donors (Lipinski definition) is 0. The van der Waals surface area contributed by atoms with E-state index in [0.29, 0.717) is 13.2 Å². The highest BCUT2D eigenvalue weighted by atomic mass is 19.3. The summed E-state index contributed by atoms with van der Waals surface area (Å²) in [7, 11) is 0. The Morgan fingerprint density at radius 3 is 2.33 bits per heavy atom. The van der Waals surface area contributed by atoms with Gasteiger partial charge in [-0.05, 0) is 12.8 Å². The van der Waals surface area contributed by atoms with Crippen LogP contribution in [0.5, 0.6) is 0 Å². The third kappa shape index (κ3) is 2.86. The lowest BCUT2D eigenvalue weighted by atomic mass is 9.92. The molecule has 3 nitrogen and oxygen atoms in total. The zero-order chi connectivity index (χ0) is 10.7. The average Bonchev–Trinajstić information content (AvgIpc) is 2.66. The van der Waals surface area contributed by atoms with E-state index in [1.165, 1.54) is 0 Å². The van der Waals surface area contributed by atoms with Crippen LogP contribution in [-0.2, 0) is 14.2 Å². The van der Waals surface area contributed by atoms with E-state index >= 15 is 0 Å². The minimum Gasteiger partial charge on any atom is -0.372 e. The maximum Gasteiger partial charge on any atom is 0.261 e. The van der Waals surface area contributed by atoms with E-state index in [9.17, 15) is 8.78 Å². The molecule has 88 valence electrons. The smallest absolute Gasteiger partial charge is 0.261 e. The summed E-state index contributed by atoms with van der Waals surface area (Å²) in [5, 5.41) is 0. The summed E-state index contributed by atoms with van der Waals surface area (Å²) in [5.41, 5.74) is 0. The molecule has 0 unspecified atom stereocenters. The number of hydrogen-bond acceptors (Lipinski definition) is 3. The van der Waals surface area contributed by atoms with Crippen molar-refractivity contribution in [3.8, 4) is 0 Å². The molecule has 1 saturated heterocycles. The van der Waals surface area contributed by atoms with Gasteiger partial charge in [-0.15, -0.1) is 0 Å². The van der Waals surface area contributed by atoms with Crippen LogP contribution in [0, 0.1) is 0 Å². The number of alkyl halides is 2. The van der Waals surface area contributed by atoms with Crippen LogP contribution in [-0.4, -0.2) is 38.1 Å². The van der Waals surface area contributed by atoms with Crippen molar-refractivity contribution in [1.82, 2.24) is 0 Å². The highest BCUT2D eigenvalue weighted by molar-refractivity contribution is 4.82. The Labute approximate surface area is 87.7 Å². The summed E-state index contributed by atoms with van der Waals surface area (Å²) in [5.74, 6) is -0.426. The maximum atomic E-state index is 11.9.